The predicted octanol–water partition coefficient (Wildman–Crippen LogP) is 2.75. The summed E-state index contributed by atoms with van der Waals surface area (Å²) in [6.07, 6.45) is 0.724. The van der Waals surface area contributed by atoms with Crippen LogP contribution in [-0.2, 0) is 6.54 Å². The van der Waals surface area contributed by atoms with Crippen LogP contribution in [0.1, 0.15) is 23.8 Å². The van der Waals surface area contributed by atoms with E-state index >= 15 is 0 Å². The number of hydrogen-bond donors (Lipinski definition) is 0. The maximum absolute atomic E-state index is 12.7. The van der Waals surface area contributed by atoms with Crippen LogP contribution in [0.4, 0.5) is 0 Å². The molecule has 0 atom stereocenters. The average molecular weight is 352 g/mol. The molecule has 1 aliphatic heterocycles. The number of ether oxygens (including phenoxy) is 3. The molecule has 0 bridgehead atoms. The van der Waals surface area contributed by atoms with Crippen molar-refractivity contribution >= 4 is 16.7 Å². The van der Waals surface area contributed by atoms with Crippen molar-refractivity contribution in [2.24, 2.45) is 0 Å². The molecule has 0 unspecified atom stereocenters. The van der Waals surface area contributed by atoms with E-state index in [1.165, 1.54) is 4.68 Å². The van der Waals surface area contributed by atoms with Crippen molar-refractivity contribution in [1.29, 1.82) is 0 Å². The highest BCUT2D eigenvalue weighted by Crippen LogP contribution is 2.35. The van der Waals surface area contributed by atoms with Crippen molar-refractivity contribution in [3.05, 3.63) is 58.5 Å². The molecule has 2 aromatic carbocycles. The number of aromatic nitrogens is 2. The fourth-order valence-corrected chi connectivity index (χ4v) is 2.84. The molecule has 0 saturated heterocycles. The van der Waals surface area contributed by atoms with Gasteiger partial charge in [0.2, 0.25) is 6.79 Å². The van der Waals surface area contributed by atoms with Crippen molar-refractivity contribution in [1.82, 2.24) is 9.78 Å². The fraction of sp³-hybridized carbons (Fsp3) is 0.211. The smallest absolute Gasteiger partial charge is 0.364 e. The summed E-state index contributed by atoms with van der Waals surface area (Å²) in [5.74, 6) is 0.803. The van der Waals surface area contributed by atoms with Gasteiger partial charge in [-0.15, -0.1) is 0 Å². The number of carbonyl (C=O) groups is 1. The summed E-state index contributed by atoms with van der Waals surface area (Å²) in [6, 6.07) is 11.8. The number of carbonyl (C=O) groups excluding carboxylic acids is 1. The van der Waals surface area contributed by atoms with Crippen molar-refractivity contribution in [3.63, 3.8) is 0 Å². The van der Waals surface area contributed by atoms with E-state index in [0.29, 0.717) is 34.6 Å². The Morgan fingerprint density at radius 3 is 2.73 bits per heavy atom. The minimum absolute atomic E-state index is 0.103. The monoisotopic (exact) mass is 352 g/mol. The quantitative estimate of drug-likeness (QED) is 0.531. The van der Waals surface area contributed by atoms with Crippen LogP contribution < -0.4 is 19.8 Å². The highest BCUT2D eigenvalue weighted by Gasteiger charge is 2.20. The molecule has 26 heavy (non-hydrogen) atoms. The van der Waals surface area contributed by atoms with Crippen LogP contribution in [0.5, 0.6) is 17.2 Å². The molecule has 3 aromatic rings. The van der Waals surface area contributed by atoms with Crippen LogP contribution in [0.15, 0.2) is 47.3 Å². The van der Waals surface area contributed by atoms with E-state index in [1.54, 1.807) is 42.5 Å². The number of fused-ring (bicyclic) bond motifs is 2. The normalized spacial score (nSPS) is 12.3. The zero-order chi connectivity index (χ0) is 18.1. The van der Waals surface area contributed by atoms with Crippen LogP contribution in [-0.4, -0.2) is 22.5 Å². The van der Waals surface area contributed by atoms with Gasteiger partial charge in [0.25, 0.3) is 5.56 Å². The van der Waals surface area contributed by atoms with Gasteiger partial charge < -0.3 is 14.2 Å². The Kier molecular flexibility index (Phi) is 4.04. The molecular weight excluding hydrogens is 336 g/mol. The van der Waals surface area contributed by atoms with E-state index in [2.05, 4.69) is 5.10 Å². The van der Waals surface area contributed by atoms with E-state index in [1.807, 2.05) is 6.92 Å². The maximum Gasteiger partial charge on any atom is 0.364 e. The first-order chi connectivity index (χ1) is 12.7. The van der Waals surface area contributed by atoms with Crippen molar-refractivity contribution in [3.8, 4) is 17.2 Å². The van der Waals surface area contributed by atoms with Gasteiger partial charge in [0.15, 0.2) is 17.2 Å². The number of esters is 1. The fourth-order valence-electron chi connectivity index (χ4n) is 2.84. The lowest BCUT2D eigenvalue weighted by molar-refractivity contribution is 0.0728. The van der Waals surface area contributed by atoms with Gasteiger partial charge in [-0.3, -0.25) is 4.79 Å². The largest absolute Gasteiger partial charge is 0.454 e. The maximum atomic E-state index is 12.7. The summed E-state index contributed by atoms with van der Waals surface area (Å²) in [5, 5.41) is 5.14. The molecular formula is C19H16N2O5. The van der Waals surface area contributed by atoms with E-state index < -0.39 is 5.97 Å². The molecule has 132 valence electrons. The van der Waals surface area contributed by atoms with Crippen LogP contribution in [0.2, 0.25) is 0 Å². The van der Waals surface area contributed by atoms with Gasteiger partial charge in [-0.25, -0.2) is 9.48 Å². The Morgan fingerprint density at radius 1 is 1.15 bits per heavy atom. The number of aryl methyl sites for hydroxylation is 1. The molecule has 1 aliphatic rings. The third-order valence-corrected chi connectivity index (χ3v) is 4.05. The lowest BCUT2D eigenvalue weighted by Crippen LogP contribution is -2.27. The summed E-state index contributed by atoms with van der Waals surface area (Å²) >= 11 is 0. The molecule has 0 saturated carbocycles. The van der Waals surface area contributed by atoms with Gasteiger partial charge in [0.1, 0.15) is 5.75 Å². The molecule has 0 amide bonds. The summed E-state index contributed by atoms with van der Waals surface area (Å²) in [4.78, 5) is 25.2. The van der Waals surface area contributed by atoms with Crippen LogP contribution in [0.3, 0.4) is 0 Å². The van der Waals surface area contributed by atoms with E-state index in [-0.39, 0.29) is 18.0 Å². The molecule has 0 fully saturated rings. The van der Waals surface area contributed by atoms with Crippen molar-refractivity contribution in [2.45, 2.75) is 19.9 Å². The van der Waals surface area contributed by atoms with Crippen molar-refractivity contribution in [2.75, 3.05) is 6.79 Å². The number of rotatable bonds is 4. The molecule has 7 nitrogen and oxygen atoms in total. The Hall–Kier alpha value is -3.35. The van der Waals surface area contributed by atoms with Crippen LogP contribution in [0.25, 0.3) is 10.8 Å². The highest BCUT2D eigenvalue weighted by atomic mass is 16.7. The topological polar surface area (TPSA) is 79.7 Å². The Balaban J connectivity index is 1.74. The van der Waals surface area contributed by atoms with Gasteiger partial charge in [0, 0.05) is 18.0 Å². The number of benzene rings is 2. The first-order valence-corrected chi connectivity index (χ1v) is 8.29. The van der Waals surface area contributed by atoms with Gasteiger partial charge in [-0.2, -0.15) is 5.10 Å². The third-order valence-electron chi connectivity index (χ3n) is 4.05. The molecule has 0 N–H and O–H groups in total. The lowest BCUT2D eigenvalue weighted by atomic mass is 10.1. The van der Waals surface area contributed by atoms with Gasteiger partial charge >= 0.3 is 5.97 Å². The molecule has 4 rings (SSSR count). The molecule has 1 aromatic heterocycles. The summed E-state index contributed by atoms with van der Waals surface area (Å²) in [5.41, 5.74) is -0.117. The first kappa shape index (κ1) is 16.1. The predicted molar refractivity (Wildman–Crippen MR) is 93.8 cm³/mol. The van der Waals surface area contributed by atoms with Gasteiger partial charge in [0.05, 0.1) is 5.39 Å². The van der Waals surface area contributed by atoms with E-state index in [0.717, 1.165) is 6.42 Å². The Morgan fingerprint density at radius 2 is 1.92 bits per heavy atom. The second-order valence-corrected chi connectivity index (χ2v) is 5.83. The Bertz CT molecular complexity index is 1060. The number of hydrogen-bond acceptors (Lipinski definition) is 6. The Labute approximate surface area is 148 Å². The summed E-state index contributed by atoms with van der Waals surface area (Å²) < 4.78 is 17.3. The van der Waals surface area contributed by atoms with E-state index in [4.69, 9.17) is 14.2 Å². The summed E-state index contributed by atoms with van der Waals surface area (Å²) in [7, 11) is 0. The van der Waals surface area contributed by atoms with Crippen LogP contribution >= 0.6 is 0 Å². The second kappa shape index (κ2) is 6.51. The molecule has 2 heterocycles. The molecule has 0 radical (unpaired) electrons. The average Bonchev–Trinajstić information content (AvgIpc) is 3.12. The molecule has 7 heteroatoms. The lowest BCUT2D eigenvalue weighted by Gasteiger charge is -2.10. The van der Waals surface area contributed by atoms with Crippen LogP contribution in [0, 0.1) is 0 Å². The minimum atomic E-state index is -0.634. The minimum Gasteiger partial charge on any atom is -0.454 e. The third kappa shape index (κ3) is 2.77. The van der Waals surface area contributed by atoms with Gasteiger partial charge in [-0.05, 0) is 24.6 Å². The first-order valence-electron chi connectivity index (χ1n) is 8.29. The number of nitrogens with zero attached hydrogens (tertiary/aromatic N) is 2. The zero-order valence-corrected chi connectivity index (χ0v) is 14.1. The highest BCUT2D eigenvalue weighted by molar-refractivity contribution is 6.02. The molecule has 0 spiro atoms. The van der Waals surface area contributed by atoms with E-state index in [9.17, 15) is 9.59 Å². The van der Waals surface area contributed by atoms with Crippen molar-refractivity contribution < 1.29 is 19.0 Å². The second-order valence-electron chi connectivity index (χ2n) is 5.83. The van der Waals surface area contributed by atoms with Gasteiger partial charge in [-0.1, -0.05) is 25.1 Å². The SMILES string of the molecule is CCCn1nc(C(=O)Oc2ccc3c(c2)OCO3)c2ccccc2c1=O. The summed E-state index contributed by atoms with van der Waals surface area (Å²) in [6.45, 7) is 2.50. The zero-order valence-electron chi connectivity index (χ0n) is 14.1. The standard InChI is InChI=1S/C19H16N2O5/c1-2-9-21-18(22)14-6-4-3-5-13(14)17(20-21)19(23)26-12-7-8-15-16(10-12)25-11-24-15/h3-8,10H,2,9,11H2,1H3. The molecule has 0 aliphatic carbocycles.